The Kier molecular flexibility index (Phi) is 3.95. The van der Waals surface area contributed by atoms with E-state index in [2.05, 4.69) is 15.4 Å². The average molecular weight is 304 g/mol. The molecule has 0 radical (unpaired) electrons. The Morgan fingerprint density at radius 1 is 1.23 bits per heavy atom. The van der Waals surface area contributed by atoms with Crippen LogP contribution in [-0.2, 0) is 0 Å². The number of halogens is 1. The number of piperazine rings is 1. The van der Waals surface area contributed by atoms with Gasteiger partial charge in [0, 0.05) is 37.9 Å². The van der Waals surface area contributed by atoms with Crippen molar-refractivity contribution in [2.75, 3.05) is 36.4 Å². The molecule has 3 rings (SSSR count). The second-order valence-corrected chi connectivity index (χ2v) is 5.21. The van der Waals surface area contributed by atoms with Gasteiger partial charge in [0.25, 0.3) is 0 Å². The number of nitrogens with one attached hydrogen (secondary N) is 1. The third-order valence-electron chi connectivity index (χ3n) is 3.60. The number of hydrogen-bond donors (Lipinski definition) is 1. The van der Waals surface area contributed by atoms with Crippen LogP contribution in [0.5, 0.6) is 0 Å². The van der Waals surface area contributed by atoms with Crippen LogP contribution >= 0.6 is 0 Å². The first-order valence-electron chi connectivity index (χ1n) is 7.11. The highest BCUT2D eigenvalue weighted by Crippen LogP contribution is 2.16. The van der Waals surface area contributed by atoms with Gasteiger partial charge in [-0.2, -0.15) is 0 Å². The second kappa shape index (κ2) is 6.05. The zero-order valence-electron chi connectivity index (χ0n) is 12.3. The molecule has 116 valence electrons. The molecule has 1 aromatic carbocycles. The molecule has 0 spiro atoms. The summed E-state index contributed by atoms with van der Waals surface area (Å²) in [6, 6.07) is 7.43. The van der Waals surface area contributed by atoms with E-state index < -0.39 is 0 Å². The van der Waals surface area contributed by atoms with Gasteiger partial charge >= 0.3 is 6.03 Å². The van der Waals surface area contributed by atoms with Crippen LogP contribution in [0.25, 0.3) is 0 Å². The predicted octanol–water partition coefficient (Wildman–Crippen LogP) is 2.48. The predicted molar refractivity (Wildman–Crippen MR) is 80.4 cm³/mol. The minimum atomic E-state index is -0.325. The third-order valence-corrected chi connectivity index (χ3v) is 3.60. The van der Waals surface area contributed by atoms with Crippen molar-refractivity contribution in [3.05, 3.63) is 41.9 Å². The van der Waals surface area contributed by atoms with Gasteiger partial charge in [-0.3, -0.25) is 0 Å². The maximum atomic E-state index is 12.8. The molecule has 0 unspecified atom stereocenters. The lowest BCUT2D eigenvalue weighted by Gasteiger charge is -2.34. The summed E-state index contributed by atoms with van der Waals surface area (Å²) in [4.78, 5) is 16.0. The van der Waals surface area contributed by atoms with Crippen LogP contribution < -0.4 is 10.2 Å². The van der Waals surface area contributed by atoms with Crippen molar-refractivity contribution in [1.29, 1.82) is 0 Å². The molecule has 0 atom stereocenters. The van der Waals surface area contributed by atoms with E-state index in [0.717, 1.165) is 11.6 Å². The van der Waals surface area contributed by atoms with Crippen molar-refractivity contribution in [2.45, 2.75) is 6.92 Å². The maximum Gasteiger partial charge on any atom is 0.321 e. The normalized spacial score (nSPS) is 15.0. The number of amides is 2. The standard InChI is InChI=1S/C15H17FN4O2/c1-11-10-14(18-22-11)19-6-8-20(9-7-19)15(21)17-13-4-2-12(16)3-5-13/h2-5,10H,6-9H2,1H3,(H,17,21). The summed E-state index contributed by atoms with van der Waals surface area (Å²) >= 11 is 0. The SMILES string of the molecule is Cc1cc(N2CCN(C(=O)Nc3ccc(F)cc3)CC2)no1. The van der Waals surface area contributed by atoms with Crippen LogP contribution in [0.3, 0.4) is 0 Å². The zero-order valence-corrected chi connectivity index (χ0v) is 12.3. The first-order chi connectivity index (χ1) is 10.6. The molecule has 2 heterocycles. The molecule has 1 saturated heterocycles. The zero-order chi connectivity index (χ0) is 15.5. The van der Waals surface area contributed by atoms with E-state index in [1.807, 2.05) is 13.0 Å². The third kappa shape index (κ3) is 3.19. The number of benzene rings is 1. The van der Waals surface area contributed by atoms with Gasteiger partial charge in [-0.15, -0.1) is 0 Å². The van der Waals surface area contributed by atoms with Crippen molar-refractivity contribution in [2.24, 2.45) is 0 Å². The number of carbonyl (C=O) groups excluding carboxylic acids is 1. The highest BCUT2D eigenvalue weighted by Gasteiger charge is 2.22. The molecule has 1 N–H and O–H groups in total. The Labute approximate surface area is 127 Å². The molecular weight excluding hydrogens is 287 g/mol. The molecule has 2 aromatic rings. The highest BCUT2D eigenvalue weighted by molar-refractivity contribution is 5.89. The summed E-state index contributed by atoms with van der Waals surface area (Å²) in [5, 5.41) is 6.75. The fourth-order valence-electron chi connectivity index (χ4n) is 2.38. The van der Waals surface area contributed by atoms with E-state index in [1.54, 1.807) is 17.0 Å². The van der Waals surface area contributed by atoms with Crippen LogP contribution in [0.1, 0.15) is 5.76 Å². The minimum absolute atomic E-state index is 0.178. The lowest BCUT2D eigenvalue weighted by Crippen LogP contribution is -2.50. The Morgan fingerprint density at radius 2 is 1.91 bits per heavy atom. The molecule has 1 aromatic heterocycles. The number of carbonyl (C=O) groups is 1. The summed E-state index contributed by atoms with van der Waals surface area (Å²) in [7, 11) is 0. The van der Waals surface area contributed by atoms with Crippen LogP contribution in [0, 0.1) is 12.7 Å². The molecule has 0 bridgehead atoms. The summed E-state index contributed by atoms with van der Waals surface area (Å²) in [5.41, 5.74) is 0.584. The lowest BCUT2D eigenvalue weighted by molar-refractivity contribution is 0.208. The van der Waals surface area contributed by atoms with Crippen LogP contribution in [-0.4, -0.2) is 42.3 Å². The fraction of sp³-hybridized carbons (Fsp3) is 0.333. The highest BCUT2D eigenvalue weighted by atomic mass is 19.1. The molecule has 0 aliphatic carbocycles. The Morgan fingerprint density at radius 3 is 2.50 bits per heavy atom. The molecule has 2 amide bonds. The average Bonchev–Trinajstić information content (AvgIpc) is 2.96. The number of aryl methyl sites for hydroxylation is 1. The molecule has 6 nitrogen and oxygen atoms in total. The van der Waals surface area contributed by atoms with Crippen LogP contribution in [0.2, 0.25) is 0 Å². The van der Waals surface area contributed by atoms with Crippen LogP contribution in [0.15, 0.2) is 34.9 Å². The number of nitrogens with zero attached hydrogens (tertiary/aromatic N) is 3. The Bertz CT molecular complexity index is 648. The number of aromatic nitrogens is 1. The fourth-order valence-corrected chi connectivity index (χ4v) is 2.38. The maximum absolute atomic E-state index is 12.8. The summed E-state index contributed by atoms with van der Waals surface area (Å²) < 4.78 is 17.9. The van der Waals surface area contributed by atoms with E-state index in [4.69, 9.17) is 4.52 Å². The summed E-state index contributed by atoms with van der Waals surface area (Å²) in [5.74, 6) is 1.25. The summed E-state index contributed by atoms with van der Waals surface area (Å²) in [6.45, 7) is 4.44. The van der Waals surface area contributed by atoms with Crippen molar-refractivity contribution < 1.29 is 13.7 Å². The van der Waals surface area contributed by atoms with Crippen molar-refractivity contribution in [1.82, 2.24) is 10.1 Å². The second-order valence-electron chi connectivity index (χ2n) is 5.21. The van der Waals surface area contributed by atoms with E-state index in [1.165, 1.54) is 12.1 Å². The van der Waals surface area contributed by atoms with Gasteiger partial charge in [0.15, 0.2) is 5.82 Å². The van der Waals surface area contributed by atoms with Crippen molar-refractivity contribution in [3.8, 4) is 0 Å². The van der Waals surface area contributed by atoms with Crippen LogP contribution in [0.4, 0.5) is 20.7 Å². The van der Waals surface area contributed by atoms with Gasteiger partial charge in [0.2, 0.25) is 0 Å². The molecule has 22 heavy (non-hydrogen) atoms. The number of hydrogen-bond acceptors (Lipinski definition) is 4. The monoisotopic (exact) mass is 304 g/mol. The largest absolute Gasteiger partial charge is 0.360 e. The Hall–Kier alpha value is -2.57. The topological polar surface area (TPSA) is 61.6 Å². The van der Waals surface area contributed by atoms with Gasteiger partial charge in [-0.25, -0.2) is 9.18 Å². The number of urea groups is 1. The van der Waals surface area contributed by atoms with Gasteiger partial charge in [-0.1, -0.05) is 5.16 Å². The molecule has 1 aliphatic heterocycles. The number of anilines is 2. The van der Waals surface area contributed by atoms with E-state index >= 15 is 0 Å². The molecule has 1 fully saturated rings. The molecule has 0 saturated carbocycles. The number of rotatable bonds is 2. The van der Waals surface area contributed by atoms with E-state index in [-0.39, 0.29) is 11.8 Å². The van der Waals surface area contributed by atoms with Gasteiger partial charge in [0.1, 0.15) is 11.6 Å². The van der Waals surface area contributed by atoms with Gasteiger partial charge < -0.3 is 19.6 Å². The van der Waals surface area contributed by atoms with E-state index in [9.17, 15) is 9.18 Å². The van der Waals surface area contributed by atoms with Gasteiger partial charge in [0.05, 0.1) is 0 Å². The van der Waals surface area contributed by atoms with Gasteiger partial charge in [-0.05, 0) is 31.2 Å². The molecular formula is C15H17FN4O2. The first kappa shape index (κ1) is 14.4. The lowest BCUT2D eigenvalue weighted by atomic mass is 10.3. The smallest absolute Gasteiger partial charge is 0.321 e. The molecule has 7 heteroatoms. The first-order valence-corrected chi connectivity index (χ1v) is 7.11. The van der Waals surface area contributed by atoms with Crippen molar-refractivity contribution in [3.63, 3.8) is 0 Å². The quantitative estimate of drug-likeness (QED) is 0.926. The Balaban J connectivity index is 1.54. The van der Waals surface area contributed by atoms with Crippen molar-refractivity contribution >= 4 is 17.5 Å². The molecule has 1 aliphatic rings. The van der Waals surface area contributed by atoms with E-state index in [0.29, 0.717) is 31.9 Å². The summed E-state index contributed by atoms with van der Waals surface area (Å²) in [6.07, 6.45) is 0. The minimum Gasteiger partial charge on any atom is -0.360 e.